The van der Waals surface area contributed by atoms with Crippen LogP contribution < -0.4 is 5.73 Å². The topological polar surface area (TPSA) is 69.2 Å². The van der Waals surface area contributed by atoms with Crippen molar-refractivity contribution >= 4 is 27.3 Å². The van der Waals surface area contributed by atoms with Gasteiger partial charge >= 0.3 is 0 Å². The summed E-state index contributed by atoms with van der Waals surface area (Å²) >= 11 is 2.82. The van der Waals surface area contributed by atoms with Crippen molar-refractivity contribution in [2.75, 3.05) is 5.73 Å². The molecule has 0 aliphatic heterocycles. The van der Waals surface area contributed by atoms with Crippen LogP contribution in [0.15, 0.2) is 16.6 Å². The van der Waals surface area contributed by atoms with Crippen LogP contribution in [-0.4, -0.2) is 4.92 Å². The molecule has 0 saturated carbocycles. The quantitative estimate of drug-likeness (QED) is 0.460. The Morgan fingerprint density at radius 1 is 1.58 bits per heavy atom. The highest BCUT2D eigenvalue weighted by molar-refractivity contribution is 9.10. The summed E-state index contributed by atoms with van der Waals surface area (Å²) in [5.74, 6) is -0.674. The number of nitro groups is 1. The van der Waals surface area contributed by atoms with E-state index in [4.69, 9.17) is 5.73 Å². The number of nitrogens with zero attached hydrogens (tertiary/aromatic N) is 1. The molecule has 4 nitrogen and oxygen atoms in total. The average Bonchev–Trinajstić information content (AvgIpc) is 2.00. The third-order valence-corrected chi connectivity index (χ3v) is 2.14. The smallest absolute Gasteiger partial charge is 0.285 e. The molecule has 0 radical (unpaired) electrons. The molecule has 0 fully saturated rings. The van der Waals surface area contributed by atoms with Gasteiger partial charge in [-0.25, -0.2) is 4.39 Å². The molecule has 0 unspecified atom stereocenters. The van der Waals surface area contributed by atoms with Gasteiger partial charge < -0.3 is 5.73 Å². The predicted molar refractivity (Wildman–Crippen MR) is 45.2 cm³/mol. The van der Waals surface area contributed by atoms with E-state index in [0.717, 1.165) is 12.1 Å². The summed E-state index contributed by atoms with van der Waals surface area (Å²) in [6.45, 7) is 0. The second-order valence-electron chi connectivity index (χ2n) is 2.05. The van der Waals surface area contributed by atoms with Crippen LogP contribution in [0.25, 0.3) is 0 Å². The molecule has 2 N–H and O–H groups in total. The van der Waals surface area contributed by atoms with Crippen molar-refractivity contribution in [3.8, 4) is 0 Å². The fourth-order valence-corrected chi connectivity index (χ4v) is 1.17. The predicted octanol–water partition coefficient (Wildman–Crippen LogP) is 2.08. The Hall–Kier alpha value is -1.17. The van der Waals surface area contributed by atoms with Crippen molar-refractivity contribution in [3.63, 3.8) is 0 Å². The first-order chi connectivity index (χ1) is 5.54. The van der Waals surface area contributed by atoms with Crippen LogP contribution in [0.4, 0.5) is 15.8 Å². The van der Waals surface area contributed by atoms with Gasteiger partial charge in [-0.1, -0.05) is 0 Å². The van der Waals surface area contributed by atoms with E-state index in [9.17, 15) is 14.5 Å². The van der Waals surface area contributed by atoms with E-state index >= 15 is 0 Å². The number of nitrogen functional groups attached to an aromatic ring is 1. The van der Waals surface area contributed by atoms with Gasteiger partial charge in [-0.05, 0) is 22.0 Å². The second-order valence-corrected chi connectivity index (χ2v) is 2.84. The van der Waals surface area contributed by atoms with Gasteiger partial charge in [0, 0.05) is 6.07 Å². The zero-order valence-electron chi connectivity index (χ0n) is 5.75. The zero-order valence-corrected chi connectivity index (χ0v) is 7.34. The van der Waals surface area contributed by atoms with Crippen molar-refractivity contribution in [2.45, 2.75) is 0 Å². The van der Waals surface area contributed by atoms with Crippen LogP contribution in [0.3, 0.4) is 0 Å². The highest BCUT2D eigenvalue weighted by atomic mass is 79.9. The van der Waals surface area contributed by atoms with Gasteiger partial charge in [0.15, 0.2) is 0 Å². The minimum absolute atomic E-state index is 0.0208. The van der Waals surface area contributed by atoms with Gasteiger partial charge in [0.2, 0.25) is 0 Å². The van der Waals surface area contributed by atoms with Crippen LogP contribution in [0.5, 0.6) is 0 Å². The Kier molecular flexibility index (Phi) is 2.27. The summed E-state index contributed by atoms with van der Waals surface area (Å²) in [6, 6.07) is 2.01. The number of benzene rings is 1. The summed E-state index contributed by atoms with van der Waals surface area (Å²) in [6.07, 6.45) is 0. The third-order valence-electron chi connectivity index (χ3n) is 1.30. The van der Waals surface area contributed by atoms with Crippen molar-refractivity contribution < 1.29 is 9.31 Å². The molecule has 12 heavy (non-hydrogen) atoms. The first kappa shape index (κ1) is 8.92. The Morgan fingerprint density at radius 2 is 2.17 bits per heavy atom. The molecule has 0 heterocycles. The van der Waals surface area contributed by atoms with Crippen LogP contribution in [0, 0.1) is 15.9 Å². The molecule has 1 rings (SSSR count). The van der Waals surface area contributed by atoms with Crippen LogP contribution in [0.2, 0.25) is 0 Å². The fraction of sp³-hybridized carbons (Fsp3) is 0. The summed E-state index contributed by atoms with van der Waals surface area (Å²) in [4.78, 5) is 9.64. The Balaban J connectivity index is 3.36. The molecular formula is C6H4BrFN2O2. The lowest BCUT2D eigenvalue weighted by Gasteiger charge is -1.99. The maximum absolute atomic E-state index is 12.6. The highest BCUT2D eigenvalue weighted by Crippen LogP contribution is 2.31. The van der Waals surface area contributed by atoms with E-state index in [1.54, 1.807) is 0 Å². The Morgan fingerprint density at radius 3 is 2.67 bits per heavy atom. The molecule has 1 aromatic rings. The minimum atomic E-state index is -0.674. The molecule has 0 bridgehead atoms. The summed E-state index contributed by atoms with van der Waals surface area (Å²) in [7, 11) is 0. The molecule has 0 saturated heterocycles. The molecule has 0 aromatic heterocycles. The number of hydrogen-bond donors (Lipinski definition) is 1. The van der Waals surface area contributed by atoms with E-state index < -0.39 is 10.7 Å². The van der Waals surface area contributed by atoms with Crippen LogP contribution >= 0.6 is 15.9 Å². The molecule has 1 aromatic carbocycles. The normalized spacial score (nSPS) is 9.83. The van der Waals surface area contributed by atoms with Crippen molar-refractivity contribution in [1.29, 1.82) is 0 Å². The molecule has 0 aliphatic rings. The van der Waals surface area contributed by atoms with Gasteiger partial charge in [-0.3, -0.25) is 10.1 Å². The largest absolute Gasteiger partial charge is 0.395 e. The number of rotatable bonds is 1. The molecular weight excluding hydrogens is 231 g/mol. The van der Waals surface area contributed by atoms with Gasteiger partial charge in [0.25, 0.3) is 5.69 Å². The SMILES string of the molecule is Nc1c(F)ccc([N+](=O)[O-])c1Br. The van der Waals surface area contributed by atoms with Crippen LogP contribution in [-0.2, 0) is 0 Å². The van der Waals surface area contributed by atoms with E-state index in [-0.39, 0.29) is 15.8 Å². The number of anilines is 1. The van der Waals surface area contributed by atoms with Gasteiger partial charge in [0.1, 0.15) is 10.3 Å². The minimum Gasteiger partial charge on any atom is -0.395 e. The molecule has 64 valence electrons. The maximum Gasteiger partial charge on any atom is 0.285 e. The fourth-order valence-electron chi connectivity index (χ4n) is 0.699. The lowest BCUT2D eigenvalue weighted by Crippen LogP contribution is -1.96. The Labute approximate surface area is 75.5 Å². The van der Waals surface area contributed by atoms with Gasteiger partial charge in [0.05, 0.1) is 10.6 Å². The first-order valence-corrected chi connectivity index (χ1v) is 3.71. The van der Waals surface area contributed by atoms with E-state index in [2.05, 4.69) is 15.9 Å². The monoisotopic (exact) mass is 234 g/mol. The summed E-state index contributed by atoms with van der Waals surface area (Å²) < 4.78 is 12.6. The Bertz CT molecular complexity index is 343. The van der Waals surface area contributed by atoms with Gasteiger partial charge in [-0.15, -0.1) is 0 Å². The second kappa shape index (κ2) is 3.06. The number of nitro benzene ring substituents is 1. The summed E-state index contributed by atoms with van der Waals surface area (Å²) in [5.41, 5.74) is 4.71. The average molecular weight is 235 g/mol. The molecule has 0 spiro atoms. The third kappa shape index (κ3) is 1.38. The highest BCUT2D eigenvalue weighted by Gasteiger charge is 2.16. The van der Waals surface area contributed by atoms with Gasteiger partial charge in [-0.2, -0.15) is 0 Å². The zero-order chi connectivity index (χ0) is 9.30. The number of halogens is 2. The van der Waals surface area contributed by atoms with E-state index in [1.807, 2.05) is 0 Å². The number of nitrogens with two attached hydrogens (primary N) is 1. The van der Waals surface area contributed by atoms with Crippen molar-refractivity contribution in [3.05, 3.63) is 32.5 Å². The van der Waals surface area contributed by atoms with Crippen molar-refractivity contribution in [1.82, 2.24) is 0 Å². The van der Waals surface area contributed by atoms with E-state index in [1.165, 1.54) is 0 Å². The van der Waals surface area contributed by atoms with Crippen LogP contribution in [0.1, 0.15) is 0 Å². The first-order valence-electron chi connectivity index (χ1n) is 2.92. The summed E-state index contributed by atoms with van der Waals surface area (Å²) in [5, 5.41) is 10.3. The molecule has 0 atom stereocenters. The lowest BCUT2D eigenvalue weighted by molar-refractivity contribution is -0.385. The molecule has 6 heteroatoms. The molecule has 0 amide bonds. The molecule has 0 aliphatic carbocycles. The number of hydrogen-bond acceptors (Lipinski definition) is 3. The van der Waals surface area contributed by atoms with Crippen molar-refractivity contribution in [2.24, 2.45) is 0 Å². The maximum atomic E-state index is 12.6. The van der Waals surface area contributed by atoms with E-state index in [0.29, 0.717) is 0 Å². The standard InChI is InChI=1S/C6H4BrFN2O2/c7-5-4(10(11)12)2-1-3(8)6(5)9/h1-2H,9H2. The lowest BCUT2D eigenvalue weighted by atomic mass is 10.3.